The van der Waals surface area contributed by atoms with Gasteiger partial charge in [0.25, 0.3) is 5.91 Å². The Bertz CT molecular complexity index is 905. The molecule has 7 heteroatoms. The largest absolute Gasteiger partial charge is 0.497 e. The van der Waals surface area contributed by atoms with Gasteiger partial charge in [0, 0.05) is 11.0 Å². The molecular formula is C21H20BrNO5. The molecule has 3 aromatic rings. The van der Waals surface area contributed by atoms with Gasteiger partial charge in [0.2, 0.25) is 0 Å². The molecule has 0 aliphatic carbocycles. The SMILES string of the molecule is COc1ccc(C(O)CNC(=O)c2ccc(COc3ccc(Br)cc3)o2)cc1. The fourth-order valence-electron chi connectivity index (χ4n) is 2.48. The van der Waals surface area contributed by atoms with E-state index in [4.69, 9.17) is 13.9 Å². The molecule has 0 radical (unpaired) electrons. The minimum atomic E-state index is -0.829. The Kier molecular flexibility index (Phi) is 6.73. The number of amides is 1. The second-order valence-corrected chi connectivity index (χ2v) is 6.92. The third kappa shape index (κ3) is 5.37. The molecule has 2 aromatic carbocycles. The van der Waals surface area contributed by atoms with E-state index in [2.05, 4.69) is 21.2 Å². The summed E-state index contributed by atoms with van der Waals surface area (Å²) in [6.07, 6.45) is -0.829. The summed E-state index contributed by atoms with van der Waals surface area (Å²) in [5.74, 6) is 1.70. The van der Waals surface area contributed by atoms with Gasteiger partial charge in [-0.2, -0.15) is 0 Å². The predicted octanol–water partition coefficient (Wildman–Crippen LogP) is 4.09. The molecule has 0 spiro atoms. The van der Waals surface area contributed by atoms with Crippen LogP contribution in [0.1, 0.15) is 28.0 Å². The summed E-state index contributed by atoms with van der Waals surface area (Å²) in [6, 6.07) is 17.7. The van der Waals surface area contributed by atoms with E-state index in [1.54, 1.807) is 43.5 Å². The van der Waals surface area contributed by atoms with Crippen LogP contribution in [0.4, 0.5) is 0 Å². The molecule has 1 unspecified atom stereocenters. The van der Waals surface area contributed by atoms with Crippen LogP contribution in [-0.2, 0) is 6.61 Å². The lowest BCUT2D eigenvalue weighted by Crippen LogP contribution is -2.28. The predicted molar refractivity (Wildman–Crippen MR) is 107 cm³/mol. The second-order valence-electron chi connectivity index (χ2n) is 6.01. The van der Waals surface area contributed by atoms with Crippen LogP contribution in [0, 0.1) is 0 Å². The van der Waals surface area contributed by atoms with Crippen LogP contribution in [-0.4, -0.2) is 24.7 Å². The first-order valence-corrected chi connectivity index (χ1v) is 9.42. The van der Waals surface area contributed by atoms with Crippen LogP contribution in [0.5, 0.6) is 11.5 Å². The Morgan fingerprint density at radius 1 is 1.07 bits per heavy atom. The molecule has 0 fully saturated rings. The quantitative estimate of drug-likeness (QED) is 0.545. The Hall–Kier alpha value is -2.77. The number of carbonyl (C=O) groups is 1. The van der Waals surface area contributed by atoms with Crippen molar-refractivity contribution in [2.24, 2.45) is 0 Å². The van der Waals surface area contributed by atoms with Crippen molar-refractivity contribution in [2.75, 3.05) is 13.7 Å². The highest BCUT2D eigenvalue weighted by Gasteiger charge is 2.14. The Morgan fingerprint density at radius 2 is 1.75 bits per heavy atom. The number of carbonyl (C=O) groups excluding carboxylic acids is 1. The van der Waals surface area contributed by atoms with Crippen LogP contribution in [0.15, 0.2) is 69.6 Å². The molecule has 1 amide bonds. The third-order valence-corrected chi connectivity index (χ3v) is 4.57. The molecule has 2 N–H and O–H groups in total. The number of benzene rings is 2. The number of aliphatic hydroxyl groups is 1. The Balaban J connectivity index is 1.49. The van der Waals surface area contributed by atoms with Crippen LogP contribution in [0.2, 0.25) is 0 Å². The molecule has 0 bridgehead atoms. The van der Waals surface area contributed by atoms with Crippen molar-refractivity contribution in [3.63, 3.8) is 0 Å². The lowest BCUT2D eigenvalue weighted by Gasteiger charge is -2.12. The van der Waals surface area contributed by atoms with Gasteiger partial charge in [0.1, 0.15) is 23.9 Å². The van der Waals surface area contributed by atoms with Gasteiger partial charge in [-0.25, -0.2) is 0 Å². The minimum absolute atomic E-state index is 0.0661. The third-order valence-electron chi connectivity index (χ3n) is 4.04. The molecule has 0 saturated heterocycles. The van der Waals surface area contributed by atoms with E-state index >= 15 is 0 Å². The van der Waals surface area contributed by atoms with E-state index < -0.39 is 12.0 Å². The van der Waals surface area contributed by atoms with Crippen LogP contribution in [0.3, 0.4) is 0 Å². The van der Waals surface area contributed by atoms with Gasteiger partial charge in [-0.1, -0.05) is 28.1 Å². The van der Waals surface area contributed by atoms with E-state index in [9.17, 15) is 9.90 Å². The summed E-state index contributed by atoms with van der Waals surface area (Å²) in [4.78, 5) is 12.2. The van der Waals surface area contributed by atoms with E-state index in [0.717, 1.165) is 4.47 Å². The van der Waals surface area contributed by atoms with Crippen molar-refractivity contribution in [1.29, 1.82) is 0 Å². The number of hydrogen-bond acceptors (Lipinski definition) is 5. The van der Waals surface area contributed by atoms with E-state index in [1.165, 1.54) is 0 Å². The van der Waals surface area contributed by atoms with Gasteiger partial charge in [-0.3, -0.25) is 4.79 Å². The van der Waals surface area contributed by atoms with Crippen LogP contribution < -0.4 is 14.8 Å². The van der Waals surface area contributed by atoms with Gasteiger partial charge in [-0.05, 0) is 54.1 Å². The van der Waals surface area contributed by atoms with Crippen LogP contribution >= 0.6 is 15.9 Å². The van der Waals surface area contributed by atoms with Crippen molar-refractivity contribution in [2.45, 2.75) is 12.7 Å². The molecule has 0 aliphatic heterocycles. The number of nitrogens with one attached hydrogen (secondary N) is 1. The van der Waals surface area contributed by atoms with Crippen molar-refractivity contribution >= 4 is 21.8 Å². The zero-order valence-electron chi connectivity index (χ0n) is 15.2. The molecule has 6 nitrogen and oxygen atoms in total. The molecule has 28 heavy (non-hydrogen) atoms. The molecule has 146 valence electrons. The number of furan rings is 1. The lowest BCUT2D eigenvalue weighted by atomic mass is 10.1. The maximum atomic E-state index is 12.2. The zero-order chi connectivity index (χ0) is 19.9. The molecule has 1 atom stereocenters. The first-order chi connectivity index (χ1) is 13.5. The van der Waals surface area contributed by atoms with E-state index in [-0.39, 0.29) is 18.9 Å². The number of ether oxygens (including phenoxy) is 2. The molecule has 3 rings (SSSR count). The average Bonchev–Trinajstić information content (AvgIpc) is 3.20. The summed E-state index contributed by atoms with van der Waals surface area (Å²) in [7, 11) is 1.58. The fourth-order valence-corrected chi connectivity index (χ4v) is 2.75. The van der Waals surface area contributed by atoms with Gasteiger partial charge in [0.15, 0.2) is 5.76 Å². The first kappa shape index (κ1) is 20.0. The zero-order valence-corrected chi connectivity index (χ0v) is 16.8. The number of aliphatic hydroxyl groups excluding tert-OH is 1. The number of methoxy groups -OCH3 is 1. The van der Waals surface area contributed by atoms with Crippen molar-refractivity contribution < 1.29 is 23.8 Å². The summed E-state index contributed by atoms with van der Waals surface area (Å²) in [5.41, 5.74) is 0.684. The molecule has 1 aromatic heterocycles. The first-order valence-electron chi connectivity index (χ1n) is 8.62. The van der Waals surface area contributed by atoms with Crippen molar-refractivity contribution in [3.05, 3.63) is 82.2 Å². The molecule has 0 saturated carbocycles. The average molecular weight is 446 g/mol. The highest BCUT2D eigenvalue weighted by atomic mass is 79.9. The lowest BCUT2D eigenvalue weighted by molar-refractivity contribution is 0.0885. The minimum Gasteiger partial charge on any atom is -0.497 e. The van der Waals surface area contributed by atoms with E-state index in [1.807, 2.05) is 24.3 Å². The van der Waals surface area contributed by atoms with Crippen LogP contribution in [0.25, 0.3) is 0 Å². The Morgan fingerprint density at radius 3 is 2.43 bits per heavy atom. The maximum absolute atomic E-state index is 12.2. The number of halogens is 1. The number of hydrogen-bond donors (Lipinski definition) is 2. The monoisotopic (exact) mass is 445 g/mol. The van der Waals surface area contributed by atoms with Gasteiger partial charge < -0.3 is 24.3 Å². The van der Waals surface area contributed by atoms with Gasteiger partial charge >= 0.3 is 0 Å². The molecule has 1 heterocycles. The highest BCUT2D eigenvalue weighted by molar-refractivity contribution is 9.10. The van der Waals surface area contributed by atoms with Crippen molar-refractivity contribution in [1.82, 2.24) is 5.32 Å². The summed E-state index contributed by atoms with van der Waals surface area (Å²) in [6.45, 7) is 0.278. The summed E-state index contributed by atoms with van der Waals surface area (Å²) in [5, 5.41) is 12.9. The van der Waals surface area contributed by atoms with E-state index in [0.29, 0.717) is 22.8 Å². The Labute approximate surface area is 171 Å². The smallest absolute Gasteiger partial charge is 0.287 e. The molecule has 0 aliphatic rings. The summed E-state index contributed by atoms with van der Waals surface area (Å²) < 4.78 is 17.2. The topological polar surface area (TPSA) is 80.9 Å². The second kappa shape index (κ2) is 9.43. The summed E-state index contributed by atoms with van der Waals surface area (Å²) >= 11 is 3.36. The number of rotatable bonds is 8. The standard InChI is InChI=1S/C21H20BrNO5/c1-26-16-6-2-14(3-7-16)19(24)12-23-21(25)20-11-10-18(28-20)13-27-17-8-4-15(22)5-9-17/h2-11,19,24H,12-13H2,1H3,(H,23,25). The van der Waals surface area contributed by atoms with Gasteiger partial charge in [-0.15, -0.1) is 0 Å². The maximum Gasteiger partial charge on any atom is 0.287 e. The molecular weight excluding hydrogens is 426 g/mol. The highest BCUT2D eigenvalue weighted by Crippen LogP contribution is 2.19. The normalized spacial score (nSPS) is 11.7. The fraction of sp³-hybridized carbons (Fsp3) is 0.190. The van der Waals surface area contributed by atoms with Crippen molar-refractivity contribution in [3.8, 4) is 11.5 Å². The van der Waals surface area contributed by atoms with Gasteiger partial charge in [0.05, 0.1) is 13.2 Å².